The number of hydrogen-bond acceptors (Lipinski definition) is 0. The van der Waals surface area contributed by atoms with Gasteiger partial charge >= 0.3 is 0 Å². The van der Waals surface area contributed by atoms with Crippen molar-refractivity contribution in [3.05, 3.63) is 107 Å². The smallest absolute Gasteiger partial charge is 0.134 e. The lowest BCUT2D eigenvalue weighted by Gasteiger charge is -2.06. The standard InChI is InChI=1S/C31H29F/c1-3-5-7-28-19-20-29-22-25(14-21-30(29)31(28)32)9-8-24-12-17-27(18-13-24)26-15-10-23(6-4-2)11-16-26/h10-22H,3-7H2,1-2H3. The van der Waals surface area contributed by atoms with Crippen LogP contribution in [-0.4, -0.2) is 0 Å². The Balaban J connectivity index is 1.51. The molecule has 0 nitrogen and oxygen atoms in total. The van der Waals surface area contributed by atoms with Crippen molar-refractivity contribution in [3.63, 3.8) is 0 Å². The van der Waals surface area contributed by atoms with Crippen LogP contribution in [0, 0.1) is 17.7 Å². The first-order chi connectivity index (χ1) is 15.7. The highest BCUT2D eigenvalue weighted by molar-refractivity contribution is 5.85. The fourth-order valence-corrected chi connectivity index (χ4v) is 4.02. The first-order valence-electron chi connectivity index (χ1n) is 11.6. The highest BCUT2D eigenvalue weighted by Crippen LogP contribution is 2.24. The molecule has 0 unspecified atom stereocenters. The van der Waals surface area contributed by atoms with Crippen LogP contribution in [0.1, 0.15) is 55.4 Å². The van der Waals surface area contributed by atoms with Gasteiger partial charge in [0.1, 0.15) is 5.82 Å². The van der Waals surface area contributed by atoms with Gasteiger partial charge in [-0.15, -0.1) is 0 Å². The number of fused-ring (bicyclic) bond motifs is 1. The molecule has 0 N–H and O–H groups in total. The molecule has 0 atom stereocenters. The normalized spacial score (nSPS) is 10.7. The number of rotatable bonds is 6. The van der Waals surface area contributed by atoms with E-state index in [4.69, 9.17) is 0 Å². The van der Waals surface area contributed by atoms with E-state index in [1.54, 1.807) is 0 Å². The molecule has 4 aromatic carbocycles. The zero-order chi connectivity index (χ0) is 22.3. The van der Waals surface area contributed by atoms with E-state index in [1.165, 1.54) is 23.1 Å². The molecule has 160 valence electrons. The molecule has 1 heteroatoms. The summed E-state index contributed by atoms with van der Waals surface area (Å²) in [6, 6.07) is 26.8. The largest absolute Gasteiger partial charge is 0.206 e. The van der Waals surface area contributed by atoms with Crippen molar-refractivity contribution in [3.8, 4) is 23.0 Å². The predicted octanol–water partition coefficient (Wildman–Crippen LogP) is 8.34. The number of hydrogen-bond donors (Lipinski definition) is 0. The molecule has 4 rings (SSSR count). The number of halogens is 1. The van der Waals surface area contributed by atoms with Gasteiger partial charge in [0.15, 0.2) is 0 Å². The van der Waals surface area contributed by atoms with Crippen molar-refractivity contribution < 1.29 is 4.39 Å². The average Bonchev–Trinajstić information content (AvgIpc) is 2.83. The highest BCUT2D eigenvalue weighted by atomic mass is 19.1. The van der Waals surface area contributed by atoms with E-state index in [0.29, 0.717) is 5.39 Å². The number of benzene rings is 4. The first-order valence-corrected chi connectivity index (χ1v) is 11.6. The van der Waals surface area contributed by atoms with Gasteiger partial charge in [-0.3, -0.25) is 0 Å². The van der Waals surface area contributed by atoms with E-state index in [2.05, 4.69) is 74.2 Å². The van der Waals surface area contributed by atoms with Crippen molar-refractivity contribution in [2.45, 2.75) is 46.0 Å². The number of unbranched alkanes of at least 4 members (excludes halogenated alkanes) is 1. The molecule has 0 spiro atoms. The van der Waals surface area contributed by atoms with Crippen molar-refractivity contribution in [1.29, 1.82) is 0 Å². The molecule has 32 heavy (non-hydrogen) atoms. The van der Waals surface area contributed by atoms with Crippen LogP contribution in [-0.2, 0) is 12.8 Å². The number of aryl methyl sites for hydroxylation is 2. The van der Waals surface area contributed by atoms with E-state index in [9.17, 15) is 4.39 Å². The van der Waals surface area contributed by atoms with Crippen LogP contribution in [0.5, 0.6) is 0 Å². The third kappa shape index (κ3) is 5.09. The quantitative estimate of drug-likeness (QED) is 0.275. The molecular weight excluding hydrogens is 391 g/mol. The van der Waals surface area contributed by atoms with Crippen molar-refractivity contribution >= 4 is 10.8 Å². The monoisotopic (exact) mass is 420 g/mol. The summed E-state index contributed by atoms with van der Waals surface area (Å²) in [5, 5.41) is 1.58. The van der Waals surface area contributed by atoms with Crippen LogP contribution in [0.2, 0.25) is 0 Å². The van der Waals surface area contributed by atoms with E-state index in [0.717, 1.165) is 47.8 Å². The summed E-state index contributed by atoms with van der Waals surface area (Å²) in [5.41, 5.74) is 6.47. The summed E-state index contributed by atoms with van der Waals surface area (Å²) < 4.78 is 14.8. The molecular formula is C31H29F. The summed E-state index contributed by atoms with van der Waals surface area (Å²) in [7, 11) is 0. The lowest BCUT2D eigenvalue weighted by Crippen LogP contribution is -1.92. The van der Waals surface area contributed by atoms with Crippen LogP contribution in [0.15, 0.2) is 78.9 Å². The molecule has 0 aliphatic rings. The third-order valence-electron chi connectivity index (χ3n) is 5.90. The van der Waals surface area contributed by atoms with Gasteiger partial charge < -0.3 is 0 Å². The zero-order valence-electron chi connectivity index (χ0n) is 18.9. The first kappa shape index (κ1) is 21.8. The van der Waals surface area contributed by atoms with E-state index in [1.807, 2.05) is 30.3 Å². The van der Waals surface area contributed by atoms with Gasteiger partial charge in [-0.05, 0) is 71.2 Å². The van der Waals surface area contributed by atoms with Crippen LogP contribution in [0.25, 0.3) is 21.9 Å². The lowest BCUT2D eigenvalue weighted by molar-refractivity contribution is 0.614. The third-order valence-corrected chi connectivity index (χ3v) is 5.90. The fourth-order valence-electron chi connectivity index (χ4n) is 4.02. The molecule has 4 aromatic rings. The Morgan fingerprint density at radius 3 is 2.00 bits per heavy atom. The molecule has 0 bridgehead atoms. The van der Waals surface area contributed by atoms with Crippen molar-refractivity contribution in [1.82, 2.24) is 0 Å². The summed E-state index contributed by atoms with van der Waals surface area (Å²) in [6.45, 7) is 4.33. The maximum Gasteiger partial charge on any atom is 0.134 e. The van der Waals surface area contributed by atoms with Crippen molar-refractivity contribution in [2.24, 2.45) is 0 Å². The molecule has 0 fully saturated rings. The van der Waals surface area contributed by atoms with Crippen LogP contribution >= 0.6 is 0 Å². The van der Waals surface area contributed by atoms with E-state index >= 15 is 0 Å². The van der Waals surface area contributed by atoms with E-state index < -0.39 is 0 Å². The van der Waals surface area contributed by atoms with Gasteiger partial charge in [0, 0.05) is 16.5 Å². The second kappa shape index (κ2) is 10.3. The summed E-state index contributed by atoms with van der Waals surface area (Å²) >= 11 is 0. The zero-order valence-corrected chi connectivity index (χ0v) is 18.9. The molecule has 0 aliphatic carbocycles. The molecule has 0 amide bonds. The molecule has 0 radical (unpaired) electrons. The Morgan fingerprint density at radius 1 is 0.656 bits per heavy atom. The van der Waals surface area contributed by atoms with Gasteiger partial charge in [0.2, 0.25) is 0 Å². The minimum absolute atomic E-state index is 0.0891. The van der Waals surface area contributed by atoms with Gasteiger partial charge in [-0.25, -0.2) is 4.39 Å². The van der Waals surface area contributed by atoms with Crippen LogP contribution < -0.4 is 0 Å². The second-order valence-electron chi connectivity index (χ2n) is 8.35. The van der Waals surface area contributed by atoms with Gasteiger partial charge in [-0.1, -0.05) is 93.1 Å². The maximum atomic E-state index is 14.8. The second-order valence-corrected chi connectivity index (χ2v) is 8.35. The Kier molecular flexibility index (Phi) is 7.03. The Morgan fingerprint density at radius 2 is 1.31 bits per heavy atom. The van der Waals surface area contributed by atoms with Crippen LogP contribution in [0.3, 0.4) is 0 Å². The SMILES string of the molecule is CCCCc1ccc2cc(C#Cc3ccc(-c4ccc(CCC)cc4)cc3)ccc2c1F. The van der Waals surface area contributed by atoms with Crippen molar-refractivity contribution in [2.75, 3.05) is 0 Å². The molecule has 0 aliphatic heterocycles. The van der Waals surface area contributed by atoms with Gasteiger partial charge in [-0.2, -0.15) is 0 Å². The fraction of sp³-hybridized carbons (Fsp3) is 0.226. The topological polar surface area (TPSA) is 0 Å². The van der Waals surface area contributed by atoms with E-state index in [-0.39, 0.29) is 5.82 Å². The van der Waals surface area contributed by atoms with Gasteiger partial charge in [0.25, 0.3) is 0 Å². The summed E-state index contributed by atoms with van der Waals surface area (Å²) in [6.07, 6.45) is 5.15. The molecule has 0 saturated heterocycles. The highest BCUT2D eigenvalue weighted by Gasteiger charge is 2.07. The minimum atomic E-state index is -0.0891. The Labute approximate surface area is 191 Å². The Bertz CT molecular complexity index is 1250. The summed E-state index contributed by atoms with van der Waals surface area (Å²) in [5.74, 6) is 6.38. The molecule has 0 aromatic heterocycles. The lowest BCUT2D eigenvalue weighted by atomic mass is 10.00. The Hall–Kier alpha value is -3.37. The average molecular weight is 421 g/mol. The molecule has 0 heterocycles. The van der Waals surface area contributed by atoms with Crippen LogP contribution in [0.4, 0.5) is 4.39 Å². The van der Waals surface area contributed by atoms with Gasteiger partial charge in [0.05, 0.1) is 0 Å². The summed E-state index contributed by atoms with van der Waals surface area (Å²) in [4.78, 5) is 0. The molecule has 0 saturated carbocycles. The minimum Gasteiger partial charge on any atom is -0.206 e. The predicted molar refractivity (Wildman–Crippen MR) is 134 cm³/mol. The maximum absolute atomic E-state index is 14.8.